The van der Waals surface area contributed by atoms with Crippen molar-refractivity contribution in [3.8, 4) is 0 Å². The van der Waals surface area contributed by atoms with Crippen LogP contribution in [0.25, 0.3) is 11.0 Å². The minimum atomic E-state index is -0.860. The third kappa shape index (κ3) is 5.08. The SMILES string of the molecule is CCC(O)N(c1nc(N2CCOCC2)c2ncccc2n1)C(O)CC.Cl.Cl. The maximum atomic E-state index is 10.4. The van der Waals surface area contributed by atoms with Gasteiger partial charge in [-0.05, 0) is 25.0 Å². The number of aromatic nitrogens is 3. The van der Waals surface area contributed by atoms with Gasteiger partial charge in [-0.3, -0.25) is 9.88 Å². The van der Waals surface area contributed by atoms with E-state index in [1.807, 2.05) is 26.0 Å². The maximum Gasteiger partial charge on any atom is 0.232 e. The summed E-state index contributed by atoms with van der Waals surface area (Å²) in [7, 11) is 0. The molecule has 3 heterocycles. The van der Waals surface area contributed by atoms with Crippen LogP contribution in [0.4, 0.5) is 11.8 Å². The third-order valence-corrected chi connectivity index (χ3v) is 4.34. The molecule has 27 heavy (non-hydrogen) atoms. The van der Waals surface area contributed by atoms with E-state index in [1.54, 1.807) is 6.20 Å². The second-order valence-electron chi connectivity index (χ2n) is 6.00. The van der Waals surface area contributed by atoms with Gasteiger partial charge in [0.1, 0.15) is 18.0 Å². The molecule has 2 N–H and O–H groups in total. The molecule has 1 saturated heterocycles. The molecule has 0 aromatic carbocycles. The number of halogens is 2. The van der Waals surface area contributed by atoms with E-state index in [4.69, 9.17) is 4.74 Å². The average Bonchev–Trinajstić information content (AvgIpc) is 2.67. The molecule has 0 amide bonds. The van der Waals surface area contributed by atoms with Crippen LogP contribution in [0, 0.1) is 0 Å². The molecule has 2 unspecified atom stereocenters. The van der Waals surface area contributed by atoms with Crippen LogP contribution in [0.3, 0.4) is 0 Å². The molecule has 2 aromatic heterocycles. The van der Waals surface area contributed by atoms with Crippen molar-refractivity contribution in [3.05, 3.63) is 18.3 Å². The lowest BCUT2D eigenvalue weighted by atomic mass is 10.3. The molecule has 1 aliphatic heterocycles. The van der Waals surface area contributed by atoms with Crippen LogP contribution in [0.5, 0.6) is 0 Å². The van der Waals surface area contributed by atoms with Gasteiger partial charge in [0.05, 0.1) is 18.7 Å². The van der Waals surface area contributed by atoms with Gasteiger partial charge in [-0.1, -0.05) is 13.8 Å². The van der Waals surface area contributed by atoms with Gasteiger partial charge < -0.3 is 19.8 Å². The number of aliphatic hydroxyl groups excluding tert-OH is 2. The first-order valence-corrected chi connectivity index (χ1v) is 8.75. The fraction of sp³-hybridized carbons (Fsp3) is 0.588. The van der Waals surface area contributed by atoms with E-state index < -0.39 is 12.5 Å². The van der Waals surface area contributed by atoms with Crippen molar-refractivity contribution < 1.29 is 14.9 Å². The van der Waals surface area contributed by atoms with Gasteiger partial charge in [-0.15, -0.1) is 24.8 Å². The van der Waals surface area contributed by atoms with Crippen molar-refractivity contribution in [2.75, 3.05) is 36.1 Å². The highest BCUT2D eigenvalue weighted by Gasteiger charge is 2.26. The van der Waals surface area contributed by atoms with E-state index in [-0.39, 0.29) is 24.8 Å². The zero-order valence-electron chi connectivity index (χ0n) is 15.5. The predicted octanol–water partition coefficient (Wildman–Crippen LogP) is 1.97. The van der Waals surface area contributed by atoms with Gasteiger partial charge in [0.15, 0.2) is 5.82 Å². The number of ether oxygens (including phenoxy) is 1. The number of morpholine rings is 1. The van der Waals surface area contributed by atoms with Gasteiger partial charge in [0.25, 0.3) is 0 Å². The van der Waals surface area contributed by atoms with E-state index >= 15 is 0 Å². The first-order valence-electron chi connectivity index (χ1n) is 8.75. The maximum absolute atomic E-state index is 10.4. The van der Waals surface area contributed by atoms with Crippen LogP contribution in [-0.4, -0.2) is 63.9 Å². The highest BCUT2D eigenvalue weighted by Crippen LogP contribution is 2.27. The van der Waals surface area contributed by atoms with Crippen LogP contribution >= 0.6 is 24.8 Å². The number of nitrogens with zero attached hydrogens (tertiary/aromatic N) is 5. The van der Waals surface area contributed by atoms with Crippen molar-refractivity contribution in [2.24, 2.45) is 0 Å². The van der Waals surface area contributed by atoms with Gasteiger partial charge >= 0.3 is 0 Å². The number of pyridine rings is 1. The Labute approximate surface area is 171 Å². The van der Waals surface area contributed by atoms with Gasteiger partial charge in [-0.2, -0.15) is 4.98 Å². The lowest BCUT2D eigenvalue weighted by molar-refractivity contribution is 0.0777. The normalized spacial score (nSPS) is 16.2. The number of anilines is 2. The number of fused-ring (bicyclic) bond motifs is 1. The zero-order chi connectivity index (χ0) is 17.8. The van der Waals surface area contributed by atoms with Crippen molar-refractivity contribution in [3.63, 3.8) is 0 Å². The Kier molecular flexibility index (Phi) is 9.41. The van der Waals surface area contributed by atoms with E-state index in [0.29, 0.717) is 48.9 Å². The van der Waals surface area contributed by atoms with Crippen molar-refractivity contribution in [1.82, 2.24) is 15.0 Å². The molecule has 0 radical (unpaired) electrons. The second-order valence-corrected chi connectivity index (χ2v) is 6.00. The Morgan fingerprint density at radius 1 is 1.11 bits per heavy atom. The van der Waals surface area contributed by atoms with Crippen LogP contribution in [0.1, 0.15) is 26.7 Å². The summed E-state index contributed by atoms with van der Waals surface area (Å²) < 4.78 is 5.43. The van der Waals surface area contributed by atoms with E-state index in [2.05, 4.69) is 19.9 Å². The highest BCUT2D eigenvalue weighted by molar-refractivity contribution is 5.87. The number of hydrogen-bond donors (Lipinski definition) is 2. The summed E-state index contributed by atoms with van der Waals surface area (Å²) in [6.45, 7) is 6.40. The summed E-state index contributed by atoms with van der Waals surface area (Å²) in [6, 6.07) is 3.69. The molecule has 2 aromatic rings. The minimum Gasteiger partial charge on any atom is -0.378 e. The lowest BCUT2D eigenvalue weighted by Gasteiger charge is -2.33. The molecule has 1 fully saturated rings. The first kappa shape index (κ1) is 23.6. The van der Waals surface area contributed by atoms with Crippen molar-refractivity contribution >= 4 is 47.6 Å². The van der Waals surface area contributed by atoms with Crippen LogP contribution in [0.15, 0.2) is 18.3 Å². The van der Waals surface area contributed by atoms with Crippen molar-refractivity contribution in [1.29, 1.82) is 0 Å². The van der Waals surface area contributed by atoms with Gasteiger partial charge in [0, 0.05) is 19.3 Å². The summed E-state index contributed by atoms with van der Waals surface area (Å²) in [6.07, 6.45) is 0.911. The molecular formula is C17H27Cl2N5O3. The lowest BCUT2D eigenvalue weighted by Crippen LogP contribution is -2.44. The van der Waals surface area contributed by atoms with Crippen LogP contribution in [-0.2, 0) is 4.74 Å². The van der Waals surface area contributed by atoms with Crippen LogP contribution in [0.2, 0.25) is 0 Å². The molecule has 2 atom stereocenters. The quantitative estimate of drug-likeness (QED) is 0.685. The predicted molar refractivity (Wildman–Crippen MR) is 110 cm³/mol. The van der Waals surface area contributed by atoms with Gasteiger partial charge in [-0.25, -0.2) is 4.98 Å². The Bertz CT molecular complexity index is 708. The summed E-state index contributed by atoms with van der Waals surface area (Å²) in [5.74, 6) is 1.02. The summed E-state index contributed by atoms with van der Waals surface area (Å²) in [5, 5.41) is 20.8. The van der Waals surface area contributed by atoms with E-state index in [9.17, 15) is 10.2 Å². The molecule has 0 bridgehead atoms. The molecule has 1 aliphatic rings. The Morgan fingerprint density at radius 3 is 2.33 bits per heavy atom. The molecule has 0 aliphatic carbocycles. The average molecular weight is 420 g/mol. The Balaban J connectivity index is 0.00000182. The largest absolute Gasteiger partial charge is 0.378 e. The smallest absolute Gasteiger partial charge is 0.232 e. The third-order valence-electron chi connectivity index (χ3n) is 4.34. The topological polar surface area (TPSA) is 94.8 Å². The molecule has 152 valence electrons. The summed E-state index contributed by atoms with van der Waals surface area (Å²) >= 11 is 0. The fourth-order valence-corrected chi connectivity index (χ4v) is 2.91. The first-order chi connectivity index (χ1) is 12.2. The summed E-state index contributed by atoms with van der Waals surface area (Å²) in [4.78, 5) is 17.2. The van der Waals surface area contributed by atoms with Gasteiger partial charge in [0.2, 0.25) is 5.95 Å². The summed E-state index contributed by atoms with van der Waals surface area (Å²) in [5.41, 5.74) is 1.40. The second kappa shape index (κ2) is 10.8. The zero-order valence-corrected chi connectivity index (χ0v) is 17.1. The molecule has 3 rings (SSSR count). The highest BCUT2D eigenvalue weighted by atomic mass is 35.5. The molecule has 0 spiro atoms. The molecule has 0 saturated carbocycles. The molecule has 8 nitrogen and oxygen atoms in total. The molecular weight excluding hydrogens is 393 g/mol. The van der Waals surface area contributed by atoms with E-state index in [1.165, 1.54) is 4.90 Å². The molecule has 10 heteroatoms. The Morgan fingerprint density at radius 2 is 1.74 bits per heavy atom. The Hall–Kier alpha value is -1.45. The van der Waals surface area contributed by atoms with Crippen LogP contribution < -0.4 is 9.80 Å². The number of rotatable bonds is 6. The number of aliphatic hydroxyl groups is 2. The van der Waals surface area contributed by atoms with E-state index in [0.717, 1.165) is 13.1 Å². The number of hydrogen-bond acceptors (Lipinski definition) is 8. The van der Waals surface area contributed by atoms with Crippen molar-refractivity contribution in [2.45, 2.75) is 39.1 Å². The monoisotopic (exact) mass is 419 g/mol. The fourth-order valence-electron chi connectivity index (χ4n) is 2.91. The standard InChI is InChI=1S/C17H25N5O3.2ClH/c1-3-13(23)22(14(24)4-2)17-19-12-6-5-7-18-15(12)16(20-17)21-8-10-25-11-9-21;;/h5-7,13-14,23-24H,3-4,8-11H2,1-2H3;2*1H. The minimum absolute atomic E-state index is 0.